The summed E-state index contributed by atoms with van der Waals surface area (Å²) in [5, 5.41) is 0. The zero-order chi connectivity index (χ0) is 15.7. The summed E-state index contributed by atoms with van der Waals surface area (Å²) in [5.41, 5.74) is 0.195. The van der Waals surface area contributed by atoms with E-state index >= 15 is 0 Å². The van der Waals surface area contributed by atoms with Gasteiger partial charge in [0.05, 0.1) is 0 Å². The zero-order valence-electron chi connectivity index (χ0n) is 13.7. The third kappa shape index (κ3) is 1.83. The fraction of sp³-hybridized carbons (Fsp3) is 0.842. The van der Waals surface area contributed by atoms with Crippen LogP contribution < -0.4 is 0 Å². The van der Waals surface area contributed by atoms with Crippen molar-refractivity contribution in [2.45, 2.75) is 65.2 Å². The minimum absolute atomic E-state index is 0.0571. The maximum absolute atomic E-state index is 12.9. The van der Waals surface area contributed by atoms with E-state index in [0.717, 1.165) is 19.3 Å². The second-order valence-corrected chi connectivity index (χ2v) is 8.97. The standard InChI is InChI=1S/C19H26O3/c1-18-5-4-14-17(15(18)9-13(21)10-18)16(22)8-11-7-12(20)3-6-19(11,14)2/h11,14-15,17H,3-10H2,1-2H3/t11-,14-,15-,17+,18-,19+/m1/s1. The van der Waals surface area contributed by atoms with Crippen LogP contribution in [0, 0.1) is 34.5 Å². The largest absolute Gasteiger partial charge is 0.300 e. The fourth-order valence-corrected chi connectivity index (χ4v) is 6.51. The van der Waals surface area contributed by atoms with Crippen LogP contribution in [0.4, 0.5) is 0 Å². The summed E-state index contributed by atoms with van der Waals surface area (Å²) in [6, 6.07) is 0. The fourth-order valence-electron chi connectivity index (χ4n) is 6.51. The summed E-state index contributed by atoms with van der Waals surface area (Å²) < 4.78 is 0. The highest BCUT2D eigenvalue weighted by Crippen LogP contribution is 2.64. The number of Topliss-reactive ketones (excluding diaryl/α,β-unsaturated/α-hetero) is 3. The van der Waals surface area contributed by atoms with Crippen molar-refractivity contribution < 1.29 is 14.4 Å². The molecule has 0 spiro atoms. The molecule has 4 rings (SSSR count). The molecule has 0 bridgehead atoms. The Bertz CT molecular complexity index is 565. The summed E-state index contributed by atoms with van der Waals surface area (Å²) in [6.07, 6.45) is 6.24. The molecule has 0 aliphatic heterocycles. The van der Waals surface area contributed by atoms with Gasteiger partial charge in [-0.2, -0.15) is 0 Å². The van der Waals surface area contributed by atoms with Gasteiger partial charge in [-0.05, 0) is 47.8 Å². The minimum atomic E-state index is 0.0571. The van der Waals surface area contributed by atoms with E-state index in [1.807, 2.05) is 0 Å². The first-order chi connectivity index (χ1) is 10.3. The van der Waals surface area contributed by atoms with Gasteiger partial charge in [0, 0.05) is 38.0 Å². The highest BCUT2D eigenvalue weighted by atomic mass is 16.1. The van der Waals surface area contributed by atoms with Crippen LogP contribution in [-0.2, 0) is 14.4 Å². The first-order valence-electron chi connectivity index (χ1n) is 8.90. The number of fused-ring (bicyclic) bond motifs is 5. The molecule has 0 unspecified atom stereocenters. The molecule has 120 valence electrons. The lowest BCUT2D eigenvalue weighted by atomic mass is 9.45. The molecule has 22 heavy (non-hydrogen) atoms. The van der Waals surface area contributed by atoms with Crippen molar-refractivity contribution in [3.05, 3.63) is 0 Å². The number of rotatable bonds is 0. The molecule has 3 heteroatoms. The predicted molar refractivity (Wildman–Crippen MR) is 82.1 cm³/mol. The van der Waals surface area contributed by atoms with E-state index in [1.54, 1.807) is 0 Å². The van der Waals surface area contributed by atoms with Crippen molar-refractivity contribution in [1.82, 2.24) is 0 Å². The second kappa shape index (κ2) is 4.52. The topological polar surface area (TPSA) is 51.2 Å². The molecule has 6 atom stereocenters. The lowest BCUT2D eigenvalue weighted by Gasteiger charge is -2.58. The van der Waals surface area contributed by atoms with Crippen molar-refractivity contribution in [2.75, 3.05) is 0 Å². The predicted octanol–water partition coefficient (Wildman–Crippen LogP) is 3.35. The van der Waals surface area contributed by atoms with E-state index in [0.29, 0.717) is 55.4 Å². The highest BCUT2D eigenvalue weighted by Gasteiger charge is 2.61. The summed E-state index contributed by atoms with van der Waals surface area (Å²) in [6.45, 7) is 4.55. The Morgan fingerprint density at radius 3 is 2.45 bits per heavy atom. The van der Waals surface area contributed by atoms with E-state index in [4.69, 9.17) is 0 Å². The van der Waals surface area contributed by atoms with Gasteiger partial charge in [0.2, 0.25) is 0 Å². The Hall–Kier alpha value is -0.990. The molecular formula is C19H26O3. The molecular weight excluding hydrogens is 276 g/mol. The van der Waals surface area contributed by atoms with Gasteiger partial charge < -0.3 is 0 Å². The summed E-state index contributed by atoms with van der Waals surface area (Å²) >= 11 is 0. The number of hydrogen-bond donors (Lipinski definition) is 0. The number of ketones is 3. The van der Waals surface area contributed by atoms with Gasteiger partial charge >= 0.3 is 0 Å². The van der Waals surface area contributed by atoms with Crippen molar-refractivity contribution in [2.24, 2.45) is 34.5 Å². The van der Waals surface area contributed by atoms with Crippen LogP contribution in [0.1, 0.15) is 65.2 Å². The Morgan fingerprint density at radius 2 is 1.68 bits per heavy atom. The third-order valence-electron chi connectivity index (χ3n) is 7.85. The molecule has 3 nitrogen and oxygen atoms in total. The molecule has 0 radical (unpaired) electrons. The zero-order valence-corrected chi connectivity index (χ0v) is 13.7. The maximum Gasteiger partial charge on any atom is 0.136 e. The van der Waals surface area contributed by atoms with Gasteiger partial charge in [-0.1, -0.05) is 13.8 Å². The summed E-state index contributed by atoms with van der Waals surface area (Å²) in [5.74, 6) is 2.05. The Labute approximate surface area is 132 Å². The van der Waals surface area contributed by atoms with Gasteiger partial charge in [0.15, 0.2) is 0 Å². The molecule has 0 amide bonds. The Balaban J connectivity index is 1.71. The van der Waals surface area contributed by atoms with Crippen LogP contribution in [0.2, 0.25) is 0 Å². The van der Waals surface area contributed by atoms with Gasteiger partial charge in [0.1, 0.15) is 17.3 Å². The van der Waals surface area contributed by atoms with Crippen LogP contribution in [0.15, 0.2) is 0 Å². The van der Waals surface area contributed by atoms with Crippen molar-refractivity contribution in [3.8, 4) is 0 Å². The van der Waals surface area contributed by atoms with Gasteiger partial charge in [0.25, 0.3) is 0 Å². The molecule has 0 aromatic carbocycles. The molecule has 0 N–H and O–H groups in total. The summed E-state index contributed by atoms with van der Waals surface area (Å²) in [4.78, 5) is 36.8. The molecule has 4 saturated carbocycles. The lowest BCUT2D eigenvalue weighted by molar-refractivity contribution is -0.156. The lowest BCUT2D eigenvalue weighted by Crippen LogP contribution is -2.56. The average Bonchev–Trinajstić information content (AvgIpc) is 2.75. The van der Waals surface area contributed by atoms with Gasteiger partial charge in [-0.3, -0.25) is 14.4 Å². The molecule has 4 aliphatic rings. The van der Waals surface area contributed by atoms with E-state index in [-0.39, 0.29) is 28.6 Å². The molecule has 0 heterocycles. The van der Waals surface area contributed by atoms with Crippen molar-refractivity contribution >= 4 is 17.3 Å². The number of carbonyl (C=O) groups is 3. The number of hydrogen-bond acceptors (Lipinski definition) is 3. The number of carbonyl (C=O) groups excluding carboxylic acids is 3. The van der Waals surface area contributed by atoms with Crippen LogP contribution >= 0.6 is 0 Å². The van der Waals surface area contributed by atoms with E-state index in [2.05, 4.69) is 13.8 Å². The van der Waals surface area contributed by atoms with Gasteiger partial charge in [-0.25, -0.2) is 0 Å². The molecule has 0 saturated heterocycles. The molecule has 0 aromatic heterocycles. The monoisotopic (exact) mass is 302 g/mol. The second-order valence-electron chi connectivity index (χ2n) is 8.97. The van der Waals surface area contributed by atoms with Crippen LogP contribution in [-0.4, -0.2) is 17.3 Å². The highest BCUT2D eigenvalue weighted by molar-refractivity contribution is 5.88. The van der Waals surface area contributed by atoms with Crippen LogP contribution in [0.3, 0.4) is 0 Å². The average molecular weight is 302 g/mol. The molecule has 0 aromatic rings. The van der Waals surface area contributed by atoms with E-state index in [9.17, 15) is 14.4 Å². The first kappa shape index (κ1) is 14.6. The maximum atomic E-state index is 12.9. The normalized spacial score (nSPS) is 51.3. The first-order valence-corrected chi connectivity index (χ1v) is 8.90. The molecule has 4 aliphatic carbocycles. The third-order valence-corrected chi connectivity index (χ3v) is 7.85. The minimum Gasteiger partial charge on any atom is -0.300 e. The molecule has 4 fully saturated rings. The Kier molecular flexibility index (Phi) is 3.00. The smallest absolute Gasteiger partial charge is 0.136 e. The quantitative estimate of drug-likeness (QED) is 0.689. The van der Waals surface area contributed by atoms with Crippen molar-refractivity contribution in [3.63, 3.8) is 0 Å². The summed E-state index contributed by atoms with van der Waals surface area (Å²) in [7, 11) is 0. The van der Waals surface area contributed by atoms with Crippen LogP contribution in [0.25, 0.3) is 0 Å². The van der Waals surface area contributed by atoms with Gasteiger partial charge in [-0.15, -0.1) is 0 Å². The van der Waals surface area contributed by atoms with E-state index < -0.39 is 0 Å². The van der Waals surface area contributed by atoms with Crippen molar-refractivity contribution in [1.29, 1.82) is 0 Å². The SMILES string of the molecule is C[C@]12CC[C@@H]3[C@H](C(=O)C[C@H]4CC(=O)CC[C@@]43C)[C@H]1CC(=O)C2. The Morgan fingerprint density at radius 1 is 0.909 bits per heavy atom. The van der Waals surface area contributed by atoms with Crippen LogP contribution in [0.5, 0.6) is 0 Å². The van der Waals surface area contributed by atoms with E-state index in [1.165, 1.54) is 0 Å².